The molecule has 0 bridgehead atoms. The number of benzene rings is 1. The first kappa shape index (κ1) is 11.2. The van der Waals surface area contributed by atoms with E-state index in [1.165, 1.54) is 16.5 Å². The smallest absolute Gasteiger partial charge is 0.137 e. The van der Waals surface area contributed by atoms with Crippen molar-refractivity contribution in [2.75, 3.05) is 7.05 Å². The molecule has 1 N–H and O–H groups in total. The number of nitrogens with one attached hydrogen (secondary N) is 1. The minimum absolute atomic E-state index is 0.312. The van der Waals surface area contributed by atoms with Crippen LogP contribution in [0.15, 0.2) is 22.6 Å². The van der Waals surface area contributed by atoms with Crippen molar-refractivity contribution in [3.63, 3.8) is 0 Å². The van der Waals surface area contributed by atoms with Gasteiger partial charge in [0.05, 0.1) is 6.04 Å². The standard InChI is InChI=1S/C14H19NO/c1-5-12(15-4)13-8-11-7-6-9(2)10(3)14(11)16-13/h6-8,12,15H,5H2,1-4H3. The van der Waals surface area contributed by atoms with Gasteiger partial charge in [-0.3, -0.25) is 0 Å². The molecule has 86 valence electrons. The van der Waals surface area contributed by atoms with Gasteiger partial charge in [0.25, 0.3) is 0 Å². The largest absolute Gasteiger partial charge is 0.459 e. The predicted molar refractivity (Wildman–Crippen MR) is 67.8 cm³/mol. The van der Waals surface area contributed by atoms with Gasteiger partial charge in [-0.1, -0.05) is 19.1 Å². The van der Waals surface area contributed by atoms with Crippen molar-refractivity contribution in [1.82, 2.24) is 5.32 Å². The molecule has 0 radical (unpaired) electrons. The van der Waals surface area contributed by atoms with Gasteiger partial charge in [0.15, 0.2) is 0 Å². The summed E-state index contributed by atoms with van der Waals surface area (Å²) in [6.07, 6.45) is 1.04. The normalized spacial score (nSPS) is 13.2. The van der Waals surface area contributed by atoms with Crippen LogP contribution in [0.4, 0.5) is 0 Å². The third-order valence-electron chi connectivity index (χ3n) is 3.33. The second-order valence-electron chi connectivity index (χ2n) is 4.32. The van der Waals surface area contributed by atoms with Gasteiger partial charge < -0.3 is 9.73 Å². The third-order valence-corrected chi connectivity index (χ3v) is 3.33. The predicted octanol–water partition coefficient (Wildman–Crippen LogP) is 3.72. The fourth-order valence-electron chi connectivity index (χ4n) is 2.08. The van der Waals surface area contributed by atoms with E-state index in [4.69, 9.17) is 4.42 Å². The number of hydrogen-bond acceptors (Lipinski definition) is 2. The Kier molecular flexibility index (Phi) is 3.01. The molecule has 0 amide bonds. The molecule has 0 aliphatic carbocycles. The molecule has 2 heteroatoms. The highest BCUT2D eigenvalue weighted by molar-refractivity contribution is 5.82. The average molecular weight is 217 g/mol. The van der Waals surface area contributed by atoms with Crippen LogP contribution < -0.4 is 5.32 Å². The number of furan rings is 1. The maximum absolute atomic E-state index is 5.96. The van der Waals surface area contributed by atoms with Crippen molar-refractivity contribution in [2.24, 2.45) is 0 Å². The van der Waals surface area contributed by atoms with Crippen LogP contribution in [-0.4, -0.2) is 7.05 Å². The van der Waals surface area contributed by atoms with E-state index in [1.807, 2.05) is 7.05 Å². The van der Waals surface area contributed by atoms with Crippen LogP contribution in [0.2, 0.25) is 0 Å². The van der Waals surface area contributed by atoms with Crippen molar-refractivity contribution in [3.8, 4) is 0 Å². The number of aryl methyl sites for hydroxylation is 2. The summed E-state index contributed by atoms with van der Waals surface area (Å²) in [5, 5.41) is 4.47. The fraction of sp³-hybridized carbons (Fsp3) is 0.429. The molecule has 16 heavy (non-hydrogen) atoms. The van der Waals surface area contributed by atoms with Crippen LogP contribution in [0, 0.1) is 13.8 Å². The highest BCUT2D eigenvalue weighted by Crippen LogP contribution is 2.28. The molecule has 1 atom stereocenters. The van der Waals surface area contributed by atoms with Crippen LogP contribution in [0.5, 0.6) is 0 Å². The molecule has 2 aromatic rings. The topological polar surface area (TPSA) is 25.2 Å². The monoisotopic (exact) mass is 217 g/mol. The summed E-state index contributed by atoms with van der Waals surface area (Å²) in [5.74, 6) is 1.04. The van der Waals surface area contributed by atoms with Gasteiger partial charge in [-0.25, -0.2) is 0 Å². The molecule has 1 unspecified atom stereocenters. The Morgan fingerprint density at radius 3 is 2.69 bits per heavy atom. The van der Waals surface area contributed by atoms with Crippen LogP contribution in [-0.2, 0) is 0 Å². The average Bonchev–Trinajstić information content (AvgIpc) is 2.70. The lowest BCUT2D eigenvalue weighted by atomic mass is 10.1. The van der Waals surface area contributed by atoms with Crippen molar-refractivity contribution in [3.05, 3.63) is 35.1 Å². The molecule has 1 aromatic heterocycles. The summed E-state index contributed by atoms with van der Waals surface area (Å²) in [4.78, 5) is 0. The number of hydrogen-bond donors (Lipinski definition) is 1. The summed E-state index contributed by atoms with van der Waals surface area (Å²) < 4.78 is 5.96. The van der Waals surface area contributed by atoms with E-state index >= 15 is 0 Å². The Morgan fingerprint density at radius 1 is 1.31 bits per heavy atom. The van der Waals surface area contributed by atoms with Crippen molar-refractivity contribution in [1.29, 1.82) is 0 Å². The van der Waals surface area contributed by atoms with E-state index in [9.17, 15) is 0 Å². The van der Waals surface area contributed by atoms with Gasteiger partial charge in [-0.15, -0.1) is 0 Å². The molecule has 0 saturated heterocycles. The lowest BCUT2D eigenvalue weighted by Gasteiger charge is -2.09. The molecule has 0 spiro atoms. The molecule has 1 aromatic carbocycles. The minimum atomic E-state index is 0.312. The van der Waals surface area contributed by atoms with Crippen LogP contribution in [0.25, 0.3) is 11.0 Å². The lowest BCUT2D eigenvalue weighted by Crippen LogP contribution is -2.14. The summed E-state index contributed by atoms with van der Waals surface area (Å²) in [5.41, 5.74) is 3.56. The Bertz CT molecular complexity index is 495. The zero-order chi connectivity index (χ0) is 11.7. The number of fused-ring (bicyclic) bond motifs is 1. The van der Waals surface area contributed by atoms with Gasteiger partial charge in [-0.05, 0) is 44.5 Å². The van der Waals surface area contributed by atoms with Crippen LogP contribution in [0.3, 0.4) is 0 Å². The van der Waals surface area contributed by atoms with Gasteiger partial charge in [-0.2, -0.15) is 0 Å². The summed E-state index contributed by atoms with van der Waals surface area (Å²) in [7, 11) is 1.97. The second kappa shape index (κ2) is 4.30. The first-order valence-corrected chi connectivity index (χ1v) is 5.84. The SMILES string of the molecule is CCC(NC)c1cc2ccc(C)c(C)c2o1. The van der Waals surface area contributed by atoms with E-state index in [1.54, 1.807) is 0 Å². The summed E-state index contributed by atoms with van der Waals surface area (Å²) in [6, 6.07) is 6.74. The van der Waals surface area contributed by atoms with Crippen molar-refractivity contribution < 1.29 is 4.42 Å². The second-order valence-corrected chi connectivity index (χ2v) is 4.32. The molecule has 0 saturated carbocycles. The molecular formula is C14H19NO. The Morgan fingerprint density at radius 2 is 2.06 bits per heavy atom. The molecule has 0 fully saturated rings. The fourth-order valence-corrected chi connectivity index (χ4v) is 2.08. The van der Waals surface area contributed by atoms with Gasteiger partial charge >= 0.3 is 0 Å². The van der Waals surface area contributed by atoms with Crippen molar-refractivity contribution >= 4 is 11.0 Å². The quantitative estimate of drug-likeness (QED) is 0.847. The molecular weight excluding hydrogens is 198 g/mol. The first-order chi connectivity index (χ1) is 7.67. The molecule has 2 nitrogen and oxygen atoms in total. The van der Waals surface area contributed by atoms with Crippen molar-refractivity contribution in [2.45, 2.75) is 33.2 Å². The minimum Gasteiger partial charge on any atom is -0.459 e. The zero-order valence-corrected chi connectivity index (χ0v) is 10.4. The van der Waals surface area contributed by atoms with Gasteiger partial charge in [0.1, 0.15) is 11.3 Å². The number of rotatable bonds is 3. The summed E-state index contributed by atoms with van der Waals surface area (Å²) in [6.45, 7) is 6.39. The highest BCUT2D eigenvalue weighted by Gasteiger charge is 2.13. The third kappa shape index (κ3) is 1.74. The molecule has 1 heterocycles. The first-order valence-electron chi connectivity index (χ1n) is 5.84. The highest BCUT2D eigenvalue weighted by atomic mass is 16.3. The van der Waals surface area contributed by atoms with Crippen LogP contribution >= 0.6 is 0 Å². The van der Waals surface area contributed by atoms with E-state index in [-0.39, 0.29) is 0 Å². The zero-order valence-electron chi connectivity index (χ0n) is 10.4. The molecule has 0 aliphatic heterocycles. The van der Waals surface area contributed by atoms with Gasteiger partial charge in [0.2, 0.25) is 0 Å². The molecule has 2 rings (SSSR count). The van der Waals surface area contributed by atoms with E-state index in [2.05, 4.69) is 44.3 Å². The maximum Gasteiger partial charge on any atom is 0.137 e. The van der Waals surface area contributed by atoms with E-state index in [0.717, 1.165) is 17.8 Å². The Balaban J connectivity index is 2.55. The lowest BCUT2D eigenvalue weighted by molar-refractivity contribution is 0.443. The Hall–Kier alpha value is -1.28. The van der Waals surface area contributed by atoms with E-state index in [0.29, 0.717) is 6.04 Å². The van der Waals surface area contributed by atoms with Crippen LogP contribution in [0.1, 0.15) is 36.3 Å². The van der Waals surface area contributed by atoms with E-state index < -0.39 is 0 Å². The summed E-state index contributed by atoms with van der Waals surface area (Å²) >= 11 is 0. The maximum atomic E-state index is 5.96. The van der Waals surface area contributed by atoms with Gasteiger partial charge in [0, 0.05) is 5.39 Å². The molecule has 0 aliphatic rings. The Labute approximate surface area is 96.6 Å².